The highest BCUT2D eigenvalue weighted by atomic mass is 32.2. The van der Waals surface area contributed by atoms with Crippen LogP contribution in [0, 0.1) is 0 Å². The van der Waals surface area contributed by atoms with Crippen molar-refractivity contribution in [3.05, 3.63) is 30.3 Å². The number of nitrogens with one attached hydrogen (secondary N) is 2. The van der Waals surface area contributed by atoms with Gasteiger partial charge in [-0.2, -0.15) is 13.2 Å². The Hall–Kier alpha value is -1.57. The molecule has 0 fully saturated rings. The molecule has 4 nitrogen and oxygen atoms in total. The lowest BCUT2D eigenvalue weighted by Gasteiger charge is -2.09. The lowest BCUT2D eigenvalue weighted by molar-refractivity contribution is -0.122. The number of urea groups is 1. The molecule has 8 heteroatoms. The third-order valence-electron chi connectivity index (χ3n) is 2.03. The number of carbonyl (C=O) groups excluding carboxylic acids is 1. The van der Waals surface area contributed by atoms with Gasteiger partial charge in [-0.1, -0.05) is 18.2 Å². The quantitative estimate of drug-likeness (QED) is 0.867. The predicted molar refractivity (Wildman–Crippen MR) is 65.2 cm³/mol. The second-order valence-electron chi connectivity index (χ2n) is 3.59. The Morgan fingerprint density at radius 1 is 1.16 bits per heavy atom. The minimum absolute atomic E-state index is 0.0329. The Balaban J connectivity index is 2.24. The van der Waals surface area contributed by atoms with Gasteiger partial charge in [0, 0.05) is 17.2 Å². The Labute approximate surface area is 110 Å². The van der Waals surface area contributed by atoms with E-state index in [1.807, 2.05) is 0 Å². The largest absolute Gasteiger partial charge is 0.405 e. The predicted octanol–water partition coefficient (Wildman–Crippen LogP) is 1.66. The van der Waals surface area contributed by atoms with Crippen molar-refractivity contribution in [3.63, 3.8) is 0 Å². The van der Waals surface area contributed by atoms with E-state index in [1.54, 1.807) is 35.6 Å². The van der Waals surface area contributed by atoms with Crippen LogP contribution in [0.3, 0.4) is 0 Å². The van der Waals surface area contributed by atoms with Crippen molar-refractivity contribution in [3.8, 4) is 0 Å². The molecule has 1 atom stereocenters. The Morgan fingerprint density at radius 3 is 2.37 bits per heavy atom. The zero-order valence-electron chi connectivity index (χ0n) is 9.87. The average Bonchev–Trinajstić information content (AvgIpc) is 2.36. The molecule has 0 radical (unpaired) electrons. The van der Waals surface area contributed by atoms with Gasteiger partial charge in [0.25, 0.3) is 0 Å². The highest BCUT2D eigenvalue weighted by Crippen LogP contribution is 2.11. The lowest BCUT2D eigenvalue weighted by atomic mass is 10.4. The van der Waals surface area contributed by atoms with E-state index in [1.165, 1.54) is 0 Å². The van der Waals surface area contributed by atoms with E-state index >= 15 is 0 Å². The zero-order chi connectivity index (χ0) is 14.3. The van der Waals surface area contributed by atoms with Gasteiger partial charge < -0.3 is 10.6 Å². The number of rotatable bonds is 5. The normalized spacial score (nSPS) is 12.8. The molecule has 0 saturated carbocycles. The molecule has 0 bridgehead atoms. The number of benzene rings is 1. The molecule has 2 amide bonds. The van der Waals surface area contributed by atoms with Crippen LogP contribution in [0.1, 0.15) is 0 Å². The first-order valence-corrected chi connectivity index (χ1v) is 6.72. The molecule has 106 valence electrons. The number of hydrogen-bond acceptors (Lipinski definition) is 2. The summed E-state index contributed by atoms with van der Waals surface area (Å²) in [6.07, 6.45) is -4.44. The van der Waals surface area contributed by atoms with Crippen molar-refractivity contribution in [2.45, 2.75) is 11.1 Å². The first kappa shape index (κ1) is 15.5. The number of alkyl halides is 3. The van der Waals surface area contributed by atoms with Crippen LogP contribution in [0.2, 0.25) is 0 Å². The molecule has 0 aliphatic heterocycles. The maximum absolute atomic E-state index is 11.8. The number of carbonyl (C=O) groups is 1. The molecule has 2 N–H and O–H groups in total. The fraction of sp³-hybridized carbons (Fsp3) is 0.364. The van der Waals surface area contributed by atoms with E-state index in [0.29, 0.717) is 4.90 Å². The second kappa shape index (κ2) is 7.13. The summed E-state index contributed by atoms with van der Waals surface area (Å²) < 4.78 is 47.1. The summed E-state index contributed by atoms with van der Waals surface area (Å²) in [4.78, 5) is 11.6. The zero-order valence-corrected chi connectivity index (χ0v) is 10.7. The maximum atomic E-state index is 11.8. The van der Waals surface area contributed by atoms with Crippen molar-refractivity contribution in [1.29, 1.82) is 0 Å². The highest BCUT2D eigenvalue weighted by Gasteiger charge is 2.27. The van der Waals surface area contributed by atoms with Crippen LogP contribution in [-0.4, -0.2) is 35.3 Å². The number of halogens is 3. The minimum Gasteiger partial charge on any atom is -0.337 e. The van der Waals surface area contributed by atoms with Crippen LogP contribution < -0.4 is 10.6 Å². The van der Waals surface area contributed by atoms with Crippen molar-refractivity contribution >= 4 is 16.8 Å². The van der Waals surface area contributed by atoms with Crippen molar-refractivity contribution < 1.29 is 22.2 Å². The van der Waals surface area contributed by atoms with Crippen molar-refractivity contribution in [2.75, 3.05) is 18.8 Å². The SMILES string of the molecule is O=C(NCCS(=O)c1ccccc1)NCC(F)(F)F. The summed E-state index contributed by atoms with van der Waals surface area (Å²) >= 11 is 0. The molecule has 0 saturated heterocycles. The Morgan fingerprint density at radius 2 is 1.79 bits per heavy atom. The summed E-state index contributed by atoms with van der Waals surface area (Å²) in [6, 6.07) is 7.68. The third kappa shape index (κ3) is 6.80. The molecular weight excluding hydrogens is 281 g/mol. The first-order chi connectivity index (χ1) is 8.88. The average molecular weight is 294 g/mol. The van der Waals surface area contributed by atoms with Crippen LogP contribution in [0.15, 0.2) is 35.2 Å². The molecule has 1 aromatic carbocycles. The minimum atomic E-state index is -4.44. The molecule has 0 heterocycles. The standard InChI is InChI=1S/C11H13F3N2O2S/c12-11(13,14)8-16-10(17)15-6-7-19(18)9-4-2-1-3-5-9/h1-5H,6-8H2,(H2,15,16,17). The van der Waals surface area contributed by atoms with Gasteiger partial charge in [-0.25, -0.2) is 4.79 Å². The van der Waals surface area contributed by atoms with Gasteiger partial charge in [-0.15, -0.1) is 0 Å². The van der Waals surface area contributed by atoms with E-state index in [4.69, 9.17) is 0 Å². The van der Waals surface area contributed by atoms with Crippen LogP contribution in [-0.2, 0) is 10.8 Å². The van der Waals surface area contributed by atoms with Crippen LogP contribution in [0.4, 0.5) is 18.0 Å². The fourth-order valence-electron chi connectivity index (χ4n) is 1.19. The summed E-state index contributed by atoms with van der Waals surface area (Å²) in [5, 5.41) is 3.87. The summed E-state index contributed by atoms with van der Waals surface area (Å²) in [6.45, 7) is -1.36. The van der Waals surface area contributed by atoms with E-state index in [9.17, 15) is 22.2 Å². The summed E-state index contributed by atoms with van der Waals surface area (Å²) in [5.74, 6) is 0.142. The Bertz CT molecular complexity index is 437. The smallest absolute Gasteiger partial charge is 0.337 e. The Kier molecular flexibility index (Phi) is 5.81. The van der Waals surface area contributed by atoms with Crippen LogP contribution in [0.25, 0.3) is 0 Å². The van der Waals surface area contributed by atoms with Gasteiger partial charge in [0.05, 0.1) is 10.8 Å². The molecule has 1 unspecified atom stereocenters. The molecule has 19 heavy (non-hydrogen) atoms. The molecule has 1 aromatic rings. The van der Waals surface area contributed by atoms with Crippen LogP contribution >= 0.6 is 0 Å². The van der Waals surface area contributed by atoms with Gasteiger partial charge >= 0.3 is 12.2 Å². The molecular formula is C11H13F3N2O2S. The number of amides is 2. The molecule has 1 rings (SSSR count). The maximum Gasteiger partial charge on any atom is 0.405 e. The third-order valence-corrected chi connectivity index (χ3v) is 3.40. The van der Waals surface area contributed by atoms with E-state index in [2.05, 4.69) is 5.32 Å². The fourth-order valence-corrected chi connectivity index (χ4v) is 2.17. The van der Waals surface area contributed by atoms with E-state index in [-0.39, 0.29) is 12.3 Å². The summed E-state index contributed by atoms with van der Waals surface area (Å²) in [5.41, 5.74) is 0. The molecule has 0 aliphatic rings. The number of hydrogen-bond donors (Lipinski definition) is 2. The van der Waals surface area contributed by atoms with Crippen molar-refractivity contribution in [1.82, 2.24) is 10.6 Å². The summed E-state index contributed by atoms with van der Waals surface area (Å²) in [7, 11) is -1.29. The second-order valence-corrected chi connectivity index (χ2v) is 5.16. The topological polar surface area (TPSA) is 58.2 Å². The van der Waals surface area contributed by atoms with Gasteiger partial charge in [-0.3, -0.25) is 4.21 Å². The van der Waals surface area contributed by atoms with Crippen LogP contribution in [0.5, 0.6) is 0 Å². The lowest BCUT2D eigenvalue weighted by Crippen LogP contribution is -2.41. The van der Waals surface area contributed by atoms with Gasteiger partial charge in [0.1, 0.15) is 6.54 Å². The monoisotopic (exact) mass is 294 g/mol. The van der Waals surface area contributed by atoms with E-state index in [0.717, 1.165) is 0 Å². The van der Waals surface area contributed by atoms with Gasteiger partial charge in [0.2, 0.25) is 0 Å². The molecule has 0 spiro atoms. The van der Waals surface area contributed by atoms with Gasteiger partial charge in [0.15, 0.2) is 0 Å². The first-order valence-electron chi connectivity index (χ1n) is 5.40. The molecule has 0 aliphatic carbocycles. The van der Waals surface area contributed by atoms with E-state index < -0.39 is 29.6 Å². The highest BCUT2D eigenvalue weighted by molar-refractivity contribution is 7.85. The van der Waals surface area contributed by atoms with Crippen molar-refractivity contribution in [2.24, 2.45) is 0 Å². The van der Waals surface area contributed by atoms with Gasteiger partial charge in [-0.05, 0) is 12.1 Å². The molecule has 0 aromatic heterocycles.